The molecule has 0 bridgehead atoms. The van der Waals surface area contributed by atoms with E-state index in [9.17, 15) is 9.59 Å². The molecule has 0 unspecified atom stereocenters. The summed E-state index contributed by atoms with van der Waals surface area (Å²) in [6.45, 7) is 5.63. The van der Waals surface area contributed by atoms with E-state index < -0.39 is 0 Å². The number of carbonyl (C=O) groups excluding carboxylic acids is 1. The molecule has 3 N–H and O–H groups in total. The molecule has 0 radical (unpaired) electrons. The summed E-state index contributed by atoms with van der Waals surface area (Å²) in [6.07, 6.45) is 4.90. The molecule has 140 valence electrons. The number of furan rings is 1. The number of aromatic amines is 1. The fourth-order valence-corrected chi connectivity index (χ4v) is 2.81. The second kappa shape index (κ2) is 6.19. The van der Waals surface area contributed by atoms with Gasteiger partial charge < -0.3 is 20.0 Å². The van der Waals surface area contributed by atoms with Crippen molar-refractivity contribution < 1.29 is 9.21 Å². The summed E-state index contributed by atoms with van der Waals surface area (Å²) in [7, 11) is 0. The van der Waals surface area contributed by atoms with Crippen molar-refractivity contribution in [2.24, 2.45) is 0 Å². The molecule has 3 heterocycles. The third-order valence-electron chi connectivity index (χ3n) is 4.65. The molecule has 0 spiro atoms. The summed E-state index contributed by atoms with van der Waals surface area (Å²) in [6, 6.07) is 0. The summed E-state index contributed by atoms with van der Waals surface area (Å²) in [4.78, 5) is 40.0. The van der Waals surface area contributed by atoms with Crippen LogP contribution in [0.2, 0.25) is 0 Å². The molecule has 3 aromatic rings. The van der Waals surface area contributed by atoms with Crippen molar-refractivity contribution in [3.05, 3.63) is 45.6 Å². The number of fused-ring (bicyclic) bond motifs is 1. The summed E-state index contributed by atoms with van der Waals surface area (Å²) in [5.41, 5.74) is 0.766. The van der Waals surface area contributed by atoms with Gasteiger partial charge in [-0.15, -0.1) is 0 Å². The predicted octanol–water partition coefficient (Wildman–Crippen LogP) is 1.82. The molecule has 1 aliphatic rings. The van der Waals surface area contributed by atoms with Crippen LogP contribution >= 0.6 is 0 Å². The van der Waals surface area contributed by atoms with E-state index in [-0.39, 0.29) is 23.6 Å². The number of hydrogen-bond donors (Lipinski definition) is 3. The van der Waals surface area contributed by atoms with Gasteiger partial charge in [0, 0.05) is 11.7 Å². The molecule has 1 amide bonds. The maximum absolute atomic E-state index is 12.7. The molecule has 27 heavy (non-hydrogen) atoms. The zero-order valence-corrected chi connectivity index (χ0v) is 15.3. The Labute approximate surface area is 154 Å². The minimum Gasteiger partial charge on any atom is -0.445 e. The first-order chi connectivity index (χ1) is 12.8. The van der Waals surface area contributed by atoms with Gasteiger partial charge in [-0.1, -0.05) is 0 Å². The van der Waals surface area contributed by atoms with Gasteiger partial charge in [0.05, 0.1) is 23.1 Å². The Balaban J connectivity index is 1.62. The Bertz CT molecular complexity index is 1100. The quantitative estimate of drug-likeness (QED) is 0.627. The Hall–Kier alpha value is -3.23. The number of nitrogens with zero attached hydrogens (tertiary/aromatic N) is 3. The third-order valence-corrected chi connectivity index (χ3v) is 4.65. The SMILES string of the molecule is Cc1nc(NC2(C)CC2)c2c(C(=O)NCc3cnc(C)[nH]c3=O)coc2n1. The van der Waals surface area contributed by atoms with E-state index in [1.54, 1.807) is 13.8 Å². The summed E-state index contributed by atoms with van der Waals surface area (Å²) < 4.78 is 5.49. The highest BCUT2D eigenvalue weighted by Crippen LogP contribution is 2.39. The van der Waals surface area contributed by atoms with Crippen LogP contribution in [-0.4, -0.2) is 31.4 Å². The van der Waals surface area contributed by atoms with E-state index in [0.717, 1.165) is 12.8 Å². The van der Waals surface area contributed by atoms with Gasteiger partial charge >= 0.3 is 0 Å². The lowest BCUT2D eigenvalue weighted by molar-refractivity contribution is 0.0951. The first-order valence-electron chi connectivity index (χ1n) is 8.72. The van der Waals surface area contributed by atoms with Crippen molar-refractivity contribution in [1.82, 2.24) is 25.3 Å². The van der Waals surface area contributed by atoms with E-state index in [2.05, 4.69) is 37.5 Å². The van der Waals surface area contributed by atoms with Crippen molar-refractivity contribution in [2.75, 3.05) is 5.32 Å². The number of amides is 1. The van der Waals surface area contributed by atoms with Gasteiger partial charge in [-0.2, -0.15) is 4.98 Å². The monoisotopic (exact) mass is 368 g/mol. The second-order valence-electron chi connectivity index (χ2n) is 7.14. The van der Waals surface area contributed by atoms with Gasteiger partial charge in [0.2, 0.25) is 5.71 Å². The van der Waals surface area contributed by atoms with Crippen LogP contribution in [-0.2, 0) is 6.54 Å². The molecule has 0 saturated heterocycles. The van der Waals surface area contributed by atoms with Crippen LogP contribution < -0.4 is 16.2 Å². The van der Waals surface area contributed by atoms with E-state index in [1.165, 1.54) is 12.5 Å². The van der Waals surface area contributed by atoms with Gasteiger partial charge in [0.25, 0.3) is 11.5 Å². The number of nitrogens with one attached hydrogen (secondary N) is 3. The van der Waals surface area contributed by atoms with Gasteiger partial charge in [-0.3, -0.25) is 9.59 Å². The van der Waals surface area contributed by atoms with E-state index in [4.69, 9.17) is 4.42 Å². The van der Waals surface area contributed by atoms with Crippen LogP contribution in [0.1, 0.15) is 47.3 Å². The van der Waals surface area contributed by atoms with Gasteiger partial charge in [0.15, 0.2) is 0 Å². The standard InChI is InChI=1S/C18H20N6O3/c1-9-19-6-11(15(25)22-9)7-20-16(26)12-8-27-17-13(12)14(21-10(2)23-17)24-18(3)4-5-18/h6,8H,4-5,7H2,1-3H3,(H,20,26)(H,19,22,25)(H,21,23,24). The van der Waals surface area contributed by atoms with Crippen molar-refractivity contribution in [3.63, 3.8) is 0 Å². The lowest BCUT2D eigenvalue weighted by atomic mass is 10.2. The van der Waals surface area contributed by atoms with Crippen LogP contribution in [0.5, 0.6) is 0 Å². The lowest BCUT2D eigenvalue weighted by Gasteiger charge is -2.14. The molecule has 1 aliphatic carbocycles. The number of carbonyl (C=O) groups is 1. The molecule has 9 nitrogen and oxygen atoms in total. The Morgan fingerprint density at radius 2 is 2.11 bits per heavy atom. The van der Waals surface area contributed by atoms with Crippen molar-refractivity contribution in [3.8, 4) is 0 Å². The Kier molecular flexibility index (Phi) is 3.94. The normalized spacial score (nSPS) is 14.9. The zero-order valence-electron chi connectivity index (χ0n) is 15.3. The van der Waals surface area contributed by atoms with Crippen molar-refractivity contribution in [2.45, 2.75) is 45.7 Å². The number of rotatable bonds is 5. The fraction of sp³-hybridized carbons (Fsp3) is 0.389. The topological polar surface area (TPSA) is 126 Å². The number of aromatic nitrogens is 4. The van der Waals surface area contributed by atoms with Crippen LogP contribution in [0.15, 0.2) is 21.7 Å². The highest BCUT2D eigenvalue weighted by atomic mass is 16.3. The highest BCUT2D eigenvalue weighted by molar-refractivity contribution is 6.08. The Morgan fingerprint density at radius 3 is 2.81 bits per heavy atom. The fourth-order valence-electron chi connectivity index (χ4n) is 2.81. The van der Waals surface area contributed by atoms with Gasteiger partial charge in [-0.25, -0.2) is 9.97 Å². The van der Waals surface area contributed by atoms with Crippen LogP contribution in [0.25, 0.3) is 11.1 Å². The summed E-state index contributed by atoms with van der Waals surface area (Å²) >= 11 is 0. The molecule has 9 heteroatoms. The average Bonchev–Trinajstić information content (AvgIpc) is 3.16. The predicted molar refractivity (Wildman–Crippen MR) is 98.6 cm³/mol. The molecule has 1 saturated carbocycles. The van der Waals surface area contributed by atoms with Crippen LogP contribution in [0.4, 0.5) is 5.82 Å². The molecule has 0 atom stereocenters. The van der Waals surface area contributed by atoms with Crippen molar-refractivity contribution in [1.29, 1.82) is 0 Å². The lowest BCUT2D eigenvalue weighted by Crippen LogP contribution is -2.27. The molecule has 1 fully saturated rings. The highest BCUT2D eigenvalue weighted by Gasteiger charge is 2.38. The molecular weight excluding hydrogens is 348 g/mol. The molecule has 3 aromatic heterocycles. The van der Waals surface area contributed by atoms with Gasteiger partial charge in [-0.05, 0) is 33.6 Å². The maximum Gasteiger partial charge on any atom is 0.255 e. The summed E-state index contributed by atoms with van der Waals surface area (Å²) in [5, 5.41) is 6.67. The smallest absolute Gasteiger partial charge is 0.255 e. The van der Waals surface area contributed by atoms with Crippen molar-refractivity contribution >= 4 is 22.8 Å². The van der Waals surface area contributed by atoms with Crippen LogP contribution in [0, 0.1) is 13.8 Å². The molecule has 4 rings (SSSR count). The number of hydrogen-bond acceptors (Lipinski definition) is 7. The number of aryl methyl sites for hydroxylation is 2. The minimum absolute atomic E-state index is 0.0143. The number of anilines is 1. The molecule has 0 aliphatic heterocycles. The van der Waals surface area contributed by atoms with E-state index in [0.29, 0.717) is 39.7 Å². The van der Waals surface area contributed by atoms with Gasteiger partial charge in [0.1, 0.15) is 23.7 Å². The van der Waals surface area contributed by atoms with Crippen LogP contribution in [0.3, 0.4) is 0 Å². The molecule has 0 aromatic carbocycles. The van der Waals surface area contributed by atoms with E-state index in [1.807, 2.05) is 0 Å². The zero-order chi connectivity index (χ0) is 19.2. The Morgan fingerprint density at radius 1 is 1.33 bits per heavy atom. The third kappa shape index (κ3) is 3.40. The summed E-state index contributed by atoms with van der Waals surface area (Å²) in [5.74, 6) is 1.30. The molecular formula is C18H20N6O3. The minimum atomic E-state index is -0.370. The maximum atomic E-state index is 12.7. The first-order valence-corrected chi connectivity index (χ1v) is 8.72. The number of H-pyrrole nitrogens is 1. The largest absolute Gasteiger partial charge is 0.445 e. The van der Waals surface area contributed by atoms with E-state index >= 15 is 0 Å². The first kappa shape index (κ1) is 17.2. The average molecular weight is 368 g/mol. The second-order valence-corrected chi connectivity index (χ2v) is 7.14.